The standard InChI is InChI=1S/C5H9N5O3/c11-1-6-3-8-4(7-2-12)10-5(13)9-3/h11-12H,1-2H2,(H3,6,7,8,9,10,13). The average molecular weight is 187 g/mol. The summed E-state index contributed by atoms with van der Waals surface area (Å²) in [6.07, 6.45) is 0. The van der Waals surface area contributed by atoms with E-state index in [4.69, 9.17) is 10.2 Å². The fourth-order valence-electron chi connectivity index (χ4n) is 0.693. The Balaban J connectivity index is 2.90. The van der Waals surface area contributed by atoms with E-state index in [0.29, 0.717) is 0 Å². The van der Waals surface area contributed by atoms with E-state index in [-0.39, 0.29) is 25.4 Å². The van der Waals surface area contributed by atoms with Crippen molar-refractivity contribution in [3.05, 3.63) is 10.5 Å². The number of hydrogen-bond acceptors (Lipinski definition) is 7. The number of aliphatic hydroxyl groups is 2. The summed E-state index contributed by atoms with van der Waals surface area (Å²) >= 11 is 0. The monoisotopic (exact) mass is 187 g/mol. The maximum Gasteiger partial charge on any atom is 0.350 e. The Morgan fingerprint density at radius 3 is 2.54 bits per heavy atom. The molecule has 0 saturated heterocycles. The molecule has 0 aliphatic carbocycles. The van der Waals surface area contributed by atoms with Gasteiger partial charge in [-0.3, -0.25) is 4.98 Å². The maximum atomic E-state index is 10.8. The van der Waals surface area contributed by atoms with E-state index in [1.165, 1.54) is 0 Å². The summed E-state index contributed by atoms with van der Waals surface area (Å²) in [5.41, 5.74) is -0.623. The highest BCUT2D eigenvalue weighted by Crippen LogP contribution is 1.96. The van der Waals surface area contributed by atoms with Crippen LogP contribution in [0.2, 0.25) is 0 Å². The molecular formula is C5H9N5O3. The van der Waals surface area contributed by atoms with Gasteiger partial charge in [0.15, 0.2) is 0 Å². The van der Waals surface area contributed by atoms with Crippen molar-refractivity contribution in [1.82, 2.24) is 15.0 Å². The molecule has 1 rings (SSSR count). The number of hydrogen-bond donors (Lipinski definition) is 5. The molecule has 0 atom stereocenters. The van der Waals surface area contributed by atoms with Gasteiger partial charge in [-0.2, -0.15) is 9.97 Å². The van der Waals surface area contributed by atoms with Crippen LogP contribution in [0.25, 0.3) is 0 Å². The van der Waals surface area contributed by atoms with Crippen molar-refractivity contribution in [3.8, 4) is 0 Å². The van der Waals surface area contributed by atoms with Crippen molar-refractivity contribution < 1.29 is 10.2 Å². The Bertz CT molecular complexity index is 297. The first kappa shape index (κ1) is 9.42. The third-order valence-corrected chi connectivity index (χ3v) is 1.13. The molecule has 0 bridgehead atoms. The SMILES string of the molecule is O=c1nc(NCO)nc(NCO)[nH]1. The Kier molecular flexibility index (Phi) is 3.17. The second kappa shape index (κ2) is 4.38. The molecule has 0 radical (unpaired) electrons. The number of aliphatic hydroxyl groups excluding tert-OH is 2. The predicted octanol–water partition coefficient (Wildman–Crippen LogP) is -2.11. The zero-order valence-corrected chi connectivity index (χ0v) is 6.61. The molecular weight excluding hydrogens is 178 g/mol. The first-order valence-corrected chi connectivity index (χ1v) is 3.44. The average Bonchev–Trinajstić information content (AvgIpc) is 2.04. The minimum Gasteiger partial charge on any atom is -0.376 e. The molecule has 8 nitrogen and oxygen atoms in total. The van der Waals surface area contributed by atoms with Gasteiger partial charge in [0.1, 0.15) is 13.5 Å². The first-order chi connectivity index (χ1) is 6.26. The lowest BCUT2D eigenvalue weighted by Crippen LogP contribution is -2.19. The molecule has 0 amide bonds. The summed E-state index contributed by atoms with van der Waals surface area (Å²) in [6, 6.07) is 0. The number of nitrogens with one attached hydrogen (secondary N) is 3. The molecule has 8 heteroatoms. The Hall–Kier alpha value is -1.67. The molecule has 0 aliphatic rings. The lowest BCUT2D eigenvalue weighted by molar-refractivity contribution is 0.323. The Morgan fingerprint density at radius 2 is 1.92 bits per heavy atom. The van der Waals surface area contributed by atoms with Crippen LogP contribution in [0.5, 0.6) is 0 Å². The molecule has 0 saturated carbocycles. The Labute approximate surface area is 72.7 Å². The van der Waals surface area contributed by atoms with Crippen LogP contribution in [0.15, 0.2) is 4.79 Å². The van der Waals surface area contributed by atoms with E-state index in [2.05, 4.69) is 25.6 Å². The van der Waals surface area contributed by atoms with E-state index in [1.807, 2.05) is 0 Å². The first-order valence-electron chi connectivity index (χ1n) is 3.44. The predicted molar refractivity (Wildman–Crippen MR) is 44.1 cm³/mol. The fraction of sp³-hybridized carbons (Fsp3) is 0.400. The van der Waals surface area contributed by atoms with Crippen LogP contribution in [0.3, 0.4) is 0 Å². The molecule has 72 valence electrons. The van der Waals surface area contributed by atoms with Crippen LogP contribution < -0.4 is 16.3 Å². The molecule has 0 fully saturated rings. The van der Waals surface area contributed by atoms with E-state index in [1.54, 1.807) is 0 Å². The molecule has 0 aliphatic heterocycles. The second-order valence-electron chi connectivity index (χ2n) is 2.00. The smallest absolute Gasteiger partial charge is 0.350 e. The largest absolute Gasteiger partial charge is 0.376 e. The van der Waals surface area contributed by atoms with Gasteiger partial charge < -0.3 is 20.8 Å². The summed E-state index contributed by atoms with van der Waals surface area (Å²) in [4.78, 5) is 20.1. The quantitative estimate of drug-likeness (QED) is 0.342. The van der Waals surface area contributed by atoms with E-state index in [0.717, 1.165) is 0 Å². The lowest BCUT2D eigenvalue weighted by atomic mass is 10.8. The summed E-state index contributed by atoms with van der Waals surface area (Å²) in [5.74, 6) is 0.0700. The van der Waals surface area contributed by atoms with Crippen LogP contribution in [-0.4, -0.2) is 38.6 Å². The van der Waals surface area contributed by atoms with Crippen LogP contribution in [-0.2, 0) is 0 Å². The number of anilines is 2. The molecule has 1 heterocycles. The van der Waals surface area contributed by atoms with E-state index >= 15 is 0 Å². The van der Waals surface area contributed by atoms with Gasteiger partial charge in [0.25, 0.3) is 0 Å². The van der Waals surface area contributed by atoms with Gasteiger partial charge in [-0.1, -0.05) is 0 Å². The summed E-state index contributed by atoms with van der Waals surface area (Å²) in [7, 11) is 0. The fourth-order valence-corrected chi connectivity index (χ4v) is 0.693. The van der Waals surface area contributed by atoms with Crippen LogP contribution >= 0.6 is 0 Å². The molecule has 0 aromatic carbocycles. The van der Waals surface area contributed by atoms with Gasteiger partial charge in [0.2, 0.25) is 11.9 Å². The third-order valence-electron chi connectivity index (χ3n) is 1.13. The molecule has 0 spiro atoms. The van der Waals surface area contributed by atoms with Crippen molar-refractivity contribution in [1.29, 1.82) is 0 Å². The minimum absolute atomic E-state index is 0.0119. The summed E-state index contributed by atoms with van der Waals surface area (Å²) in [6.45, 7) is -0.729. The zero-order chi connectivity index (χ0) is 9.68. The van der Waals surface area contributed by atoms with E-state index < -0.39 is 5.69 Å². The third kappa shape index (κ3) is 2.69. The number of aromatic nitrogens is 3. The van der Waals surface area contributed by atoms with Gasteiger partial charge in [0, 0.05) is 0 Å². The van der Waals surface area contributed by atoms with Gasteiger partial charge in [0.05, 0.1) is 0 Å². The minimum atomic E-state index is -0.623. The number of aromatic amines is 1. The van der Waals surface area contributed by atoms with Crippen LogP contribution in [0.4, 0.5) is 11.9 Å². The maximum absolute atomic E-state index is 10.8. The highest BCUT2D eigenvalue weighted by molar-refractivity contribution is 5.31. The van der Waals surface area contributed by atoms with Gasteiger partial charge in [-0.05, 0) is 0 Å². The number of rotatable bonds is 4. The van der Waals surface area contributed by atoms with Crippen molar-refractivity contribution >= 4 is 11.9 Å². The molecule has 1 aromatic heterocycles. The van der Waals surface area contributed by atoms with Crippen molar-refractivity contribution in [2.75, 3.05) is 24.1 Å². The number of nitrogens with zero attached hydrogens (tertiary/aromatic N) is 2. The molecule has 13 heavy (non-hydrogen) atoms. The van der Waals surface area contributed by atoms with E-state index in [9.17, 15) is 4.79 Å². The second-order valence-corrected chi connectivity index (χ2v) is 2.00. The highest BCUT2D eigenvalue weighted by Gasteiger charge is 1.99. The van der Waals surface area contributed by atoms with Crippen LogP contribution in [0, 0.1) is 0 Å². The number of H-pyrrole nitrogens is 1. The molecule has 1 aromatic rings. The molecule has 5 N–H and O–H groups in total. The summed E-state index contributed by atoms with van der Waals surface area (Å²) < 4.78 is 0. The van der Waals surface area contributed by atoms with Crippen molar-refractivity contribution in [3.63, 3.8) is 0 Å². The normalized spacial score (nSPS) is 9.69. The van der Waals surface area contributed by atoms with Gasteiger partial charge >= 0.3 is 5.69 Å². The lowest BCUT2D eigenvalue weighted by Gasteiger charge is -2.03. The summed E-state index contributed by atoms with van der Waals surface area (Å²) in [5, 5.41) is 21.6. The van der Waals surface area contributed by atoms with Crippen molar-refractivity contribution in [2.45, 2.75) is 0 Å². The van der Waals surface area contributed by atoms with Gasteiger partial charge in [-0.25, -0.2) is 4.79 Å². The highest BCUT2D eigenvalue weighted by atomic mass is 16.3. The zero-order valence-electron chi connectivity index (χ0n) is 6.61. The Morgan fingerprint density at radius 1 is 1.23 bits per heavy atom. The topological polar surface area (TPSA) is 123 Å². The van der Waals surface area contributed by atoms with Crippen molar-refractivity contribution in [2.24, 2.45) is 0 Å². The molecule has 0 unspecified atom stereocenters. The van der Waals surface area contributed by atoms with Gasteiger partial charge in [-0.15, -0.1) is 0 Å². The van der Waals surface area contributed by atoms with Crippen LogP contribution in [0.1, 0.15) is 0 Å².